The van der Waals surface area contributed by atoms with Crippen LogP contribution in [0.5, 0.6) is 5.75 Å². The van der Waals surface area contributed by atoms with E-state index in [0.29, 0.717) is 0 Å². The van der Waals surface area contributed by atoms with E-state index < -0.39 is 0 Å². The second kappa shape index (κ2) is 5.63. The van der Waals surface area contributed by atoms with Crippen LogP contribution in [-0.2, 0) is 17.1 Å². The van der Waals surface area contributed by atoms with Gasteiger partial charge >= 0.3 is 17.1 Å². The molecule has 9 heavy (non-hydrogen) atoms. The van der Waals surface area contributed by atoms with E-state index in [2.05, 4.69) is 0 Å². The van der Waals surface area contributed by atoms with Gasteiger partial charge in [-0.3, -0.25) is 0 Å². The Kier molecular flexibility index (Phi) is 7.08. The van der Waals surface area contributed by atoms with E-state index in [4.69, 9.17) is 0 Å². The van der Waals surface area contributed by atoms with Crippen LogP contribution in [0, 0.1) is 0 Å². The summed E-state index contributed by atoms with van der Waals surface area (Å²) in [5.41, 5.74) is 0. The van der Waals surface area contributed by atoms with Crippen molar-refractivity contribution in [2.24, 2.45) is 0 Å². The molecular weight excluding hydrogens is 166 g/mol. The van der Waals surface area contributed by atoms with E-state index in [0.717, 1.165) is 0 Å². The van der Waals surface area contributed by atoms with Gasteiger partial charge in [0.2, 0.25) is 0 Å². The Morgan fingerprint density at radius 1 is 1.00 bits per heavy atom. The zero-order valence-electron chi connectivity index (χ0n) is 4.80. The first kappa shape index (κ1) is 11.3. The molecule has 0 aromatic heterocycles. The SMILES string of the molecule is N.[Cu+].[O-]c1ccccc1. The molecule has 0 radical (unpaired) electrons. The van der Waals surface area contributed by atoms with E-state index in [1.165, 1.54) is 12.1 Å². The van der Waals surface area contributed by atoms with Crippen molar-refractivity contribution in [3.05, 3.63) is 30.3 Å². The van der Waals surface area contributed by atoms with Gasteiger partial charge in [-0.2, -0.15) is 0 Å². The van der Waals surface area contributed by atoms with Gasteiger partial charge in [-0.15, -0.1) is 5.75 Å². The molecule has 0 aliphatic carbocycles. The van der Waals surface area contributed by atoms with Gasteiger partial charge in [0.05, 0.1) is 0 Å². The number of para-hydroxylation sites is 1. The maximum atomic E-state index is 10.3. The number of rotatable bonds is 0. The van der Waals surface area contributed by atoms with Gasteiger partial charge < -0.3 is 11.3 Å². The quantitative estimate of drug-likeness (QED) is 0.594. The molecule has 2 nitrogen and oxygen atoms in total. The summed E-state index contributed by atoms with van der Waals surface area (Å²) in [5, 5.41) is 10.3. The van der Waals surface area contributed by atoms with Crippen LogP contribution >= 0.6 is 0 Å². The molecule has 0 spiro atoms. The van der Waals surface area contributed by atoms with Crippen molar-refractivity contribution in [1.82, 2.24) is 6.15 Å². The largest absolute Gasteiger partial charge is 1.00 e. The minimum atomic E-state index is 0. The van der Waals surface area contributed by atoms with Crippen molar-refractivity contribution >= 4 is 0 Å². The summed E-state index contributed by atoms with van der Waals surface area (Å²) in [6.45, 7) is 0. The molecule has 0 saturated heterocycles. The molecule has 0 bridgehead atoms. The van der Waals surface area contributed by atoms with Gasteiger partial charge in [-0.25, -0.2) is 0 Å². The van der Waals surface area contributed by atoms with Crippen LogP contribution in [-0.4, -0.2) is 0 Å². The van der Waals surface area contributed by atoms with Crippen LogP contribution in [0.3, 0.4) is 0 Å². The molecule has 0 aliphatic rings. The zero-order valence-corrected chi connectivity index (χ0v) is 5.75. The van der Waals surface area contributed by atoms with E-state index >= 15 is 0 Å². The summed E-state index contributed by atoms with van der Waals surface area (Å²) in [6, 6.07) is 8.33. The fourth-order valence-electron chi connectivity index (χ4n) is 0.420. The average molecular weight is 174 g/mol. The number of hydrogen-bond donors (Lipinski definition) is 1. The van der Waals surface area contributed by atoms with Crippen molar-refractivity contribution in [3.8, 4) is 5.75 Å². The molecule has 0 unspecified atom stereocenters. The summed E-state index contributed by atoms with van der Waals surface area (Å²) in [5.74, 6) is 0.0718. The fraction of sp³-hybridized carbons (Fsp3) is 0. The molecule has 0 amide bonds. The van der Waals surface area contributed by atoms with Gasteiger partial charge in [0.1, 0.15) is 0 Å². The van der Waals surface area contributed by atoms with Crippen LogP contribution < -0.4 is 11.3 Å². The van der Waals surface area contributed by atoms with Gasteiger partial charge in [0.25, 0.3) is 0 Å². The maximum absolute atomic E-state index is 10.3. The molecule has 1 aromatic carbocycles. The summed E-state index contributed by atoms with van der Waals surface area (Å²) in [4.78, 5) is 0. The van der Waals surface area contributed by atoms with Crippen molar-refractivity contribution in [3.63, 3.8) is 0 Å². The second-order valence-corrected chi connectivity index (χ2v) is 1.31. The molecule has 0 aliphatic heterocycles. The number of hydrogen-bond acceptors (Lipinski definition) is 2. The number of benzene rings is 1. The maximum Gasteiger partial charge on any atom is 1.00 e. The van der Waals surface area contributed by atoms with Gasteiger partial charge in [0.15, 0.2) is 0 Å². The predicted molar refractivity (Wildman–Crippen MR) is 30.9 cm³/mol. The Balaban J connectivity index is 0. The van der Waals surface area contributed by atoms with Crippen LogP contribution in [0.2, 0.25) is 0 Å². The van der Waals surface area contributed by atoms with E-state index in [1.807, 2.05) is 6.07 Å². The minimum Gasteiger partial charge on any atom is -0.872 e. The monoisotopic (exact) mass is 173 g/mol. The first-order chi connectivity index (χ1) is 3.39. The molecule has 1 aromatic rings. The van der Waals surface area contributed by atoms with E-state index in [1.54, 1.807) is 12.1 Å². The summed E-state index contributed by atoms with van der Waals surface area (Å²) in [7, 11) is 0. The first-order valence-corrected chi connectivity index (χ1v) is 2.11. The Bertz CT molecular complexity index is 143. The molecule has 0 heterocycles. The molecule has 0 saturated carbocycles. The summed E-state index contributed by atoms with van der Waals surface area (Å²) >= 11 is 0. The Morgan fingerprint density at radius 3 is 1.67 bits per heavy atom. The summed E-state index contributed by atoms with van der Waals surface area (Å²) in [6.07, 6.45) is 0. The van der Waals surface area contributed by atoms with Crippen LogP contribution in [0.4, 0.5) is 0 Å². The standard InChI is InChI=1S/C6H6O.Cu.H3N/c7-6-4-2-1-3-5-6;;/h1-5,7H;;1H3/q;+1;/p-1. The zero-order chi connectivity index (χ0) is 5.11. The molecule has 3 N–H and O–H groups in total. The van der Waals surface area contributed by atoms with Crippen molar-refractivity contribution in [2.75, 3.05) is 0 Å². The fourth-order valence-corrected chi connectivity index (χ4v) is 0.420. The van der Waals surface area contributed by atoms with Gasteiger partial charge in [-0.05, 0) is 0 Å². The second-order valence-electron chi connectivity index (χ2n) is 1.31. The third kappa shape index (κ3) is 4.03. The van der Waals surface area contributed by atoms with E-state index in [9.17, 15) is 5.11 Å². The molecule has 54 valence electrons. The first-order valence-electron chi connectivity index (χ1n) is 2.11. The Hall–Kier alpha value is -0.501. The van der Waals surface area contributed by atoms with Crippen LogP contribution in [0.1, 0.15) is 0 Å². The van der Waals surface area contributed by atoms with Crippen molar-refractivity contribution in [2.45, 2.75) is 0 Å². The molecule has 0 fully saturated rings. The van der Waals surface area contributed by atoms with Crippen LogP contribution in [0.25, 0.3) is 0 Å². The molecule has 0 atom stereocenters. The van der Waals surface area contributed by atoms with Crippen molar-refractivity contribution in [1.29, 1.82) is 0 Å². The summed E-state index contributed by atoms with van der Waals surface area (Å²) < 4.78 is 0. The molecule has 1 rings (SSSR count). The average Bonchev–Trinajstić information content (AvgIpc) is 1.69. The topological polar surface area (TPSA) is 58.1 Å². The minimum absolute atomic E-state index is 0. The van der Waals surface area contributed by atoms with Crippen LogP contribution in [0.15, 0.2) is 30.3 Å². The van der Waals surface area contributed by atoms with E-state index in [-0.39, 0.29) is 29.0 Å². The molecular formula is C6H8CuNO. The molecule has 3 heteroatoms. The Labute approximate surface area is 65.0 Å². The van der Waals surface area contributed by atoms with Crippen molar-refractivity contribution < 1.29 is 22.2 Å². The predicted octanol–water partition coefficient (Wildman–Crippen LogP) is 0.920. The third-order valence-corrected chi connectivity index (χ3v) is 0.743. The van der Waals surface area contributed by atoms with Gasteiger partial charge in [0, 0.05) is 0 Å². The smallest absolute Gasteiger partial charge is 0.872 e. The normalized spacial score (nSPS) is 6.67. The van der Waals surface area contributed by atoms with Gasteiger partial charge in [-0.1, -0.05) is 30.3 Å². The Morgan fingerprint density at radius 2 is 1.44 bits per heavy atom. The third-order valence-electron chi connectivity index (χ3n) is 0.743.